The van der Waals surface area contributed by atoms with Gasteiger partial charge >= 0.3 is 362 Å². The van der Waals surface area contributed by atoms with Crippen LogP contribution in [0.2, 0.25) is 0 Å². The molecule has 3 aliphatic rings. The Kier molecular flexibility index (Phi) is 11.0. The van der Waals surface area contributed by atoms with Crippen LogP contribution in [-0.4, -0.2) is 9.52 Å². The topological polar surface area (TPSA) is 0 Å². The Morgan fingerprint density at radius 1 is 0.448 bits per heavy atom. The quantitative estimate of drug-likeness (QED) is 0.114. The van der Waals surface area contributed by atoms with Gasteiger partial charge in [0.15, 0.2) is 0 Å². The van der Waals surface area contributed by atoms with Crippen molar-refractivity contribution in [2.24, 2.45) is 11.8 Å². The summed E-state index contributed by atoms with van der Waals surface area (Å²) in [6, 6.07) is 50.1. The van der Waals surface area contributed by atoms with Crippen LogP contribution >= 0.6 is 0 Å². The van der Waals surface area contributed by atoms with Crippen molar-refractivity contribution in [3.63, 3.8) is 0 Å². The first-order valence-electron chi connectivity index (χ1n) is 22.0. The second kappa shape index (κ2) is 16.2. The summed E-state index contributed by atoms with van der Waals surface area (Å²) >= 11 is -2.91. The fraction of sp³-hybridized carbons (Fsp3) is 0.286. The van der Waals surface area contributed by atoms with Crippen molar-refractivity contribution >= 4 is 35.3 Å². The van der Waals surface area contributed by atoms with Crippen LogP contribution in [0.1, 0.15) is 121 Å². The summed E-state index contributed by atoms with van der Waals surface area (Å²) in [7, 11) is -0.632. The van der Waals surface area contributed by atoms with Gasteiger partial charge in [0.1, 0.15) is 0 Å². The Labute approximate surface area is 359 Å². The van der Waals surface area contributed by atoms with Gasteiger partial charge in [-0.25, -0.2) is 0 Å². The summed E-state index contributed by atoms with van der Waals surface area (Å²) < 4.78 is 2.73. The third-order valence-electron chi connectivity index (χ3n) is 13.1. The molecule has 0 spiro atoms. The van der Waals surface area contributed by atoms with Gasteiger partial charge < -0.3 is 0 Å². The van der Waals surface area contributed by atoms with E-state index < -0.39 is 31.3 Å². The van der Waals surface area contributed by atoms with Crippen molar-refractivity contribution in [1.29, 1.82) is 0 Å². The van der Waals surface area contributed by atoms with E-state index >= 15 is 0 Å². The minimum atomic E-state index is -2.91. The van der Waals surface area contributed by atoms with Gasteiger partial charge in [0.25, 0.3) is 0 Å². The molecule has 2 heteroatoms. The Hall–Kier alpha value is -4.10. The van der Waals surface area contributed by atoms with E-state index in [1.807, 2.05) is 0 Å². The van der Waals surface area contributed by atoms with Gasteiger partial charge in [-0.1, -0.05) is 0 Å². The summed E-state index contributed by atoms with van der Waals surface area (Å²) in [5.41, 5.74) is 21.2. The number of rotatable bonds is 11. The van der Waals surface area contributed by atoms with Crippen molar-refractivity contribution in [3.05, 3.63) is 172 Å². The molecular weight excluding hydrogens is 792 g/mol. The van der Waals surface area contributed by atoms with Crippen LogP contribution in [-0.2, 0) is 21.8 Å². The van der Waals surface area contributed by atoms with E-state index in [2.05, 4.69) is 195 Å². The molecule has 0 bridgehead atoms. The van der Waals surface area contributed by atoms with Gasteiger partial charge in [-0.3, -0.25) is 0 Å². The van der Waals surface area contributed by atoms with Gasteiger partial charge in [-0.2, -0.15) is 0 Å². The average Bonchev–Trinajstić information content (AvgIpc) is 3.89. The van der Waals surface area contributed by atoms with Crippen molar-refractivity contribution in [1.82, 2.24) is 0 Å². The molecule has 0 amide bonds. The maximum atomic E-state index is 2.71. The summed E-state index contributed by atoms with van der Waals surface area (Å²) in [6.07, 6.45) is 7.70. The Balaban J connectivity index is 1.32. The first-order chi connectivity index (χ1) is 28.1. The molecule has 291 valence electrons. The molecule has 0 aromatic heterocycles. The first-order valence-corrected chi connectivity index (χ1v) is 27.5. The Morgan fingerprint density at radius 3 is 1.38 bits per heavy atom. The molecule has 0 nitrogen and oxygen atoms in total. The zero-order valence-electron chi connectivity index (χ0n) is 35.9. The molecular formula is C56H59SiZr. The van der Waals surface area contributed by atoms with E-state index in [4.69, 9.17) is 0 Å². The third-order valence-corrected chi connectivity index (χ3v) is 25.2. The van der Waals surface area contributed by atoms with Gasteiger partial charge in [0.2, 0.25) is 0 Å². The zero-order valence-corrected chi connectivity index (χ0v) is 39.7. The molecule has 0 saturated heterocycles. The van der Waals surface area contributed by atoms with Crippen molar-refractivity contribution in [2.75, 3.05) is 0 Å². The average molecular weight is 851 g/mol. The van der Waals surface area contributed by atoms with Gasteiger partial charge in [0.05, 0.1) is 0 Å². The minimum absolute atomic E-state index is 0.460. The maximum absolute atomic E-state index is 2.91. The molecule has 0 radical (unpaired) electrons. The standard InChI is InChI=1S/2C22H25.C12H9Si.Zr/c2*1-15(2)12-17-13-18-8-7-11-21(22(18)14-17)20-10-6-5-9-19(20)16(3)4;1-3-7-11-9(5-1)10-6-2-4-8-12(10)13-11;/h2*5-11,13-16H,12H2,1-4H3;1-7H,13H2;. The van der Waals surface area contributed by atoms with Crippen LogP contribution in [0.25, 0.3) is 45.5 Å². The predicted octanol–water partition coefficient (Wildman–Crippen LogP) is 13.0. The number of hydrogen-bond donors (Lipinski definition) is 0. The van der Waals surface area contributed by atoms with Crippen molar-refractivity contribution in [2.45, 2.75) is 87.3 Å². The van der Waals surface area contributed by atoms with Crippen molar-refractivity contribution < 1.29 is 21.8 Å². The molecule has 1 heterocycles. The van der Waals surface area contributed by atoms with Gasteiger partial charge in [-0.05, 0) is 0 Å². The summed E-state index contributed by atoms with van der Waals surface area (Å²) in [4.78, 5) is 0. The van der Waals surface area contributed by atoms with Crippen LogP contribution in [0, 0.1) is 11.8 Å². The fourth-order valence-corrected chi connectivity index (χ4v) is 24.7. The van der Waals surface area contributed by atoms with E-state index in [0.29, 0.717) is 30.9 Å². The van der Waals surface area contributed by atoms with E-state index in [0.717, 1.165) is 12.8 Å². The first kappa shape index (κ1) is 39.4. The molecule has 2 aliphatic carbocycles. The van der Waals surface area contributed by atoms with E-state index in [9.17, 15) is 0 Å². The van der Waals surface area contributed by atoms with Crippen molar-refractivity contribution in [3.8, 4) is 33.4 Å². The fourth-order valence-electron chi connectivity index (χ4n) is 10.8. The number of hydrogen-bond acceptors (Lipinski definition) is 0. The van der Waals surface area contributed by atoms with E-state index in [-0.39, 0.29) is 0 Å². The molecule has 9 rings (SSSR count). The Bertz CT molecular complexity index is 2450. The monoisotopic (exact) mass is 849 g/mol. The van der Waals surface area contributed by atoms with Gasteiger partial charge in [-0.15, -0.1) is 0 Å². The second-order valence-electron chi connectivity index (χ2n) is 18.7. The summed E-state index contributed by atoms with van der Waals surface area (Å²) in [5.74, 6) is 2.09. The van der Waals surface area contributed by atoms with E-state index in [1.54, 1.807) is 35.9 Å². The number of allylic oxidation sites excluding steroid dienone is 2. The normalized spacial score (nSPS) is 16.9. The number of benzene rings is 6. The molecule has 0 saturated carbocycles. The third kappa shape index (κ3) is 6.97. The molecule has 0 N–H and O–H groups in total. The van der Waals surface area contributed by atoms with Crippen LogP contribution in [0.3, 0.4) is 0 Å². The predicted molar refractivity (Wildman–Crippen MR) is 252 cm³/mol. The Morgan fingerprint density at radius 2 is 0.879 bits per heavy atom. The molecule has 58 heavy (non-hydrogen) atoms. The van der Waals surface area contributed by atoms with E-state index in [1.165, 1.54) is 55.6 Å². The number of fused-ring (bicyclic) bond motifs is 5. The summed E-state index contributed by atoms with van der Waals surface area (Å²) in [5, 5.41) is 3.39. The molecule has 2 atom stereocenters. The van der Waals surface area contributed by atoms with Crippen LogP contribution < -0.4 is 13.6 Å². The molecule has 2 unspecified atom stereocenters. The summed E-state index contributed by atoms with van der Waals surface area (Å²) in [6.45, 7) is 19.2. The molecule has 6 aromatic carbocycles. The SMILES string of the molecule is CC(C)CC1=Cc2c(-c3ccccc3C(C)C)cccc2[CH]1[Zr]([c]1cccc2c1[SiH2]c1ccccc1-2)[CH]1C(CC(C)C)=Cc2c(-c3ccccc3C(C)C)cccc21. The van der Waals surface area contributed by atoms with Gasteiger partial charge in [0, 0.05) is 0 Å². The van der Waals surface area contributed by atoms with Crippen LogP contribution in [0.4, 0.5) is 0 Å². The van der Waals surface area contributed by atoms with Crippen LogP contribution in [0.15, 0.2) is 139 Å². The van der Waals surface area contributed by atoms with Crippen LogP contribution in [0.5, 0.6) is 0 Å². The molecule has 0 fully saturated rings. The molecule has 6 aromatic rings. The second-order valence-corrected chi connectivity index (χ2v) is 26.9. The zero-order chi connectivity index (χ0) is 40.2. The molecule has 1 aliphatic heterocycles.